The Hall–Kier alpha value is -0.860. The van der Waals surface area contributed by atoms with Gasteiger partial charge in [0.1, 0.15) is 5.82 Å². The lowest BCUT2D eigenvalue weighted by Crippen LogP contribution is -2.37. The first-order valence-electron chi connectivity index (χ1n) is 5.87. The Bertz CT molecular complexity index is 423. The van der Waals surface area contributed by atoms with E-state index < -0.39 is 12.0 Å². The summed E-state index contributed by atoms with van der Waals surface area (Å²) in [4.78, 5) is 1.98. The second-order valence-corrected chi connectivity index (χ2v) is 4.54. The molecule has 2 heterocycles. The molecule has 0 bridgehead atoms. The number of hydrogen-bond acceptors (Lipinski definition) is 4. The van der Waals surface area contributed by atoms with Crippen molar-refractivity contribution >= 4 is 11.6 Å². The summed E-state index contributed by atoms with van der Waals surface area (Å²) < 4.78 is 44.2. The fourth-order valence-electron chi connectivity index (χ4n) is 1.96. The van der Waals surface area contributed by atoms with Crippen molar-refractivity contribution in [3.05, 3.63) is 11.6 Å². The van der Waals surface area contributed by atoms with Crippen molar-refractivity contribution in [3.8, 4) is 0 Å². The van der Waals surface area contributed by atoms with Crippen molar-refractivity contribution in [1.82, 2.24) is 19.7 Å². The molecule has 0 spiro atoms. The lowest BCUT2D eigenvalue weighted by molar-refractivity contribution is -0.148. The maximum atomic E-state index is 12.6. The molecule has 2 rings (SSSR count). The number of hydrogen-bond donors (Lipinski definition) is 0. The molecular weight excluding hydrogens is 285 g/mol. The van der Waals surface area contributed by atoms with Gasteiger partial charge < -0.3 is 9.30 Å². The fourth-order valence-corrected chi connectivity index (χ4v) is 2.07. The van der Waals surface area contributed by atoms with E-state index in [2.05, 4.69) is 10.2 Å². The average Bonchev–Trinajstić information content (AvgIpc) is 2.77. The monoisotopic (exact) mass is 298 g/mol. The number of ether oxygens (including phenoxy) is 1. The number of halogens is 4. The van der Waals surface area contributed by atoms with Gasteiger partial charge in [0.2, 0.25) is 5.82 Å². The Morgan fingerprint density at radius 3 is 2.68 bits per heavy atom. The lowest BCUT2D eigenvalue weighted by Gasteiger charge is -2.27. The molecule has 1 aliphatic heterocycles. The highest BCUT2D eigenvalue weighted by Crippen LogP contribution is 2.29. The van der Waals surface area contributed by atoms with E-state index in [1.54, 1.807) is 0 Å². The van der Waals surface area contributed by atoms with Gasteiger partial charge in [0.15, 0.2) is 0 Å². The van der Waals surface area contributed by atoms with Crippen LogP contribution in [-0.2, 0) is 24.0 Å². The first-order valence-corrected chi connectivity index (χ1v) is 6.41. The fraction of sp³-hybridized carbons (Fsp3) is 0.800. The summed E-state index contributed by atoms with van der Waals surface area (Å²) in [6, 6.07) is 0. The number of nitrogens with zero attached hydrogens (tertiary/aromatic N) is 4. The number of fused-ring (bicyclic) bond motifs is 1. The van der Waals surface area contributed by atoms with E-state index in [4.69, 9.17) is 16.3 Å². The third-order valence-electron chi connectivity index (χ3n) is 2.86. The number of aromatic nitrogens is 3. The summed E-state index contributed by atoms with van der Waals surface area (Å²) in [5, 5.41) is 6.83. The largest absolute Gasteiger partial charge is 0.451 e. The molecule has 0 atom stereocenters. The molecule has 1 aromatic rings. The van der Waals surface area contributed by atoms with Crippen LogP contribution in [-0.4, -0.2) is 51.8 Å². The molecule has 19 heavy (non-hydrogen) atoms. The molecule has 0 amide bonds. The predicted octanol–water partition coefficient (Wildman–Crippen LogP) is 1.37. The van der Waals surface area contributed by atoms with Gasteiger partial charge >= 0.3 is 6.18 Å². The van der Waals surface area contributed by atoms with Crippen LogP contribution in [0.1, 0.15) is 11.6 Å². The van der Waals surface area contributed by atoms with Gasteiger partial charge in [-0.05, 0) is 0 Å². The molecule has 9 heteroatoms. The minimum Gasteiger partial charge on any atom is -0.379 e. The maximum Gasteiger partial charge on any atom is 0.451 e. The van der Waals surface area contributed by atoms with Crippen LogP contribution in [0.4, 0.5) is 13.2 Å². The first kappa shape index (κ1) is 14.5. The summed E-state index contributed by atoms with van der Waals surface area (Å²) in [6.07, 6.45) is -4.45. The first-order chi connectivity index (χ1) is 9.02. The molecule has 0 radical (unpaired) electrons. The van der Waals surface area contributed by atoms with Crippen LogP contribution in [0, 0.1) is 0 Å². The van der Waals surface area contributed by atoms with Crippen LogP contribution in [0.15, 0.2) is 0 Å². The predicted molar refractivity (Wildman–Crippen MR) is 61.8 cm³/mol. The standard InChI is InChI=1S/C10H14ClF3N4O/c11-1-5-19-6-4-17-2-3-18-8(7-17)15-16-9(18)10(12,13)14/h1-7H2. The van der Waals surface area contributed by atoms with Gasteiger partial charge in [0.25, 0.3) is 0 Å². The zero-order chi connectivity index (χ0) is 13.9. The molecular formula is C10H14ClF3N4O. The summed E-state index contributed by atoms with van der Waals surface area (Å²) in [6.45, 7) is 2.75. The summed E-state index contributed by atoms with van der Waals surface area (Å²) in [5.41, 5.74) is 0. The highest BCUT2D eigenvalue weighted by molar-refractivity contribution is 6.17. The van der Waals surface area contributed by atoms with Gasteiger partial charge in [0.05, 0.1) is 19.8 Å². The molecule has 0 unspecified atom stereocenters. The Balaban J connectivity index is 1.92. The normalized spacial score (nSPS) is 16.6. The van der Waals surface area contributed by atoms with Crippen LogP contribution in [0.25, 0.3) is 0 Å². The highest BCUT2D eigenvalue weighted by atomic mass is 35.5. The van der Waals surface area contributed by atoms with Crippen molar-refractivity contribution in [2.24, 2.45) is 0 Å². The third kappa shape index (κ3) is 3.58. The average molecular weight is 299 g/mol. The minimum absolute atomic E-state index is 0.243. The van der Waals surface area contributed by atoms with Crippen molar-refractivity contribution < 1.29 is 17.9 Å². The van der Waals surface area contributed by atoms with Crippen molar-refractivity contribution in [2.45, 2.75) is 19.3 Å². The van der Waals surface area contributed by atoms with Gasteiger partial charge in [-0.1, -0.05) is 0 Å². The maximum absolute atomic E-state index is 12.6. The molecule has 0 saturated heterocycles. The van der Waals surface area contributed by atoms with Crippen LogP contribution in [0.2, 0.25) is 0 Å². The molecule has 5 nitrogen and oxygen atoms in total. The molecule has 0 fully saturated rings. The van der Waals surface area contributed by atoms with Crippen molar-refractivity contribution in [2.75, 3.05) is 32.2 Å². The van der Waals surface area contributed by atoms with E-state index in [-0.39, 0.29) is 6.54 Å². The molecule has 0 saturated carbocycles. The van der Waals surface area contributed by atoms with Gasteiger partial charge in [-0.2, -0.15) is 13.2 Å². The molecule has 0 N–H and O–H groups in total. The van der Waals surface area contributed by atoms with E-state index in [9.17, 15) is 13.2 Å². The zero-order valence-corrected chi connectivity index (χ0v) is 10.9. The SMILES string of the molecule is FC(F)(F)c1nnc2n1CCN(CCOCCCl)C2. The van der Waals surface area contributed by atoms with Crippen LogP contribution >= 0.6 is 11.6 Å². The second-order valence-electron chi connectivity index (χ2n) is 4.17. The van der Waals surface area contributed by atoms with Crippen LogP contribution in [0.3, 0.4) is 0 Å². The quantitative estimate of drug-likeness (QED) is 0.608. The Labute approximate surface area is 113 Å². The Morgan fingerprint density at radius 1 is 1.21 bits per heavy atom. The van der Waals surface area contributed by atoms with Gasteiger partial charge in [-0.25, -0.2) is 0 Å². The molecule has 0 aromatic carbocycles. The molecule has 108 valence electrons. The van der Waals surface area contributed by atoms with Gasteiger partial charge in [-0.15, -0.1) is 21.8 Å². The second kappa shape index (κ2) is 6.06. The molecule has 1 aliphatic rings. The summed E-state index contributed by atoms with van der Waals surface area (Å²) in [7, 11) is 0. The smallest absolute Gasteiger partial charge is 0.379 e. The summed E-state index contributed by atoms with van der Waals surface area (Å²) in [5.74, 6) is -0.139. The highest BCUT2D eigenvalue weighted by Gasteiger charge is 2.39. The minimum atomic E-state index is -4.45. The third-order valence-corrected chi connectivity index (χ3v) is 3.01. The van der Waals surface area contributed by atoms with E-state index >= 15 is 0 Å². The Morgan fingerprint density at radius 2 is 2.00 bits per heavy atom. The molecule has 1 aromatic heterocycles. The molecule has 0 aliphatic carbocycles. The van der Waals surface area contributed by atoms with Crippen LogP contribution in [0.5, 0.6) is 0 Å². The van der Waals surface area contributed by atoms with Crippen LogP contribution < -0.4 is 0 Å². The van der Waals surface area contributed by atoms with E-state index in [0.717, 1.165) is 4.57 Å². The Kier molecular flexibility index (Phi) is 4.64. The van der Waals surface area contributed by atoms with Gasteiger partial charge in [0, 0.05) is 25.5 Å². The van der Waals surface area contributed by atoms with E-state index in [1.165, 1.54) is 0 Å². The summed E-state index contributed by atoms with van der Waals surface area (Å²) >= 11 is 5.47. The van der Waals surface area contributed by atoms with Crippen molar-refractivity contribution in [3.63, 3.8) is 0 Å². The van der Waals surface area contributed by atoms with Crippen molar-refractivity contribution in [1.29, 1.82) is 0 Å². The van der Waals surface area contributed by atoms with E-state index in [0.29, 0.717) is 44.6 Å². The number of alkyl halides is 4. The van der Waals surface area contributed by atoms with Gasteiger partial charge in [-0.3, -0.25) is 4.90 Å². The zero-order valence-electron chi connectivity index (χ0n) is 10.2. The lowest BCUT2D eigenvalue weighted by atomic mass is 10.3. The number of rotatable bonds is 5. The van der Waals surface area contributed by atoms with E-state index in [1.807, 2.05) is 4.90 Å². The topological polar surface area (TPSA) is 43.2 Å².